The van der Waals surface area contributed by atoms with Crippen LogP contribution in [-0.2, 0) is 4.79 Å². The van der Waals surface area contributed by atoms with E-state index in [1.54, 1.807) is 11.8 Å². The summed E-state index contributed by atoms with van der Waals surface area (Å²) in [6.07, 6.45) is 3.48. The summed E-state index contributed by atoms with van der Waals surface area (Å²) in [4.78, 5) is 12.2. The van der Waals surface area contributed by atoms with Crippen molar-refractivity contribution in [1.29, 1.82) is 0 Å². The van der Waals surface area contributed by atoms with Gasteiger partial charge in [0.05, 0.1) is 0 Å². The standard InChI is InChI=1S/C12H14O2S/c1-9(7-10(14)8-13)11-5-3-4-6-12(11)15-2/h3-7,13H,8H2,1-2H3/b9-7+. The van der Waals surface area contributed by atoms with Gasteiger partial charge in [-0.25, -0.2) is 0 Å². The lowest BCUT2D eigenvalue weighted by atomic mass is 10.1. The van der Waals surface area contributed by atoms with Gasteiger partial charge in [0.1, 0.15) is 6.61 Å². The minimum atomic E-state index is -0.432. The Labute approximate surface area is 94.0 Å². The first-order valence-corrected chi connectivity index (χ1v) is 5.87. The summed E-state index contributed by atoms with van der Waals surface area (Å²) in [5, 5.41) is 8.66. The first-order chi connectivity index (χ1) is 7.19. The average Bonchev–Trinajstić information content (AvgIpc) is 2.28. The fraction of sp³-hybridized carbons (Fsp3) is 0.250. The number of aliphatic hydroxyl groups is 1. The smallest absolute Gasteiger partial charge is 0.181 e. The summed E-state index contributed by atoms with van der Waals surface area (Å²) in [6, 6.07) is 7.90. The topological polar surface area (TPSA) is 37.3 Å². The summed E-state index contributed by atoms with van der Waals surface area (Å²) in [5.41, 5.74) is 1.94. The van der Waals surface area contributed by atoms with Crippen LogP contribution in [0.5, 0.6) is 0 Å². The zero-order valence-corrected chi connectivity index (χ0v) is 9.67. The molecule has 0 aliphatic rings. The van der Waals surface area contributed by atoms with E-state index in [-0.39, 0.29) is 5.78 Å². The number of allylic oxidation sites excluding steroid dienone is 1. The fourth-order valence-electron chi connectivity index (χ4n) is 1.34. The predicted molar refractivity (Wildman–Crippen MR) is 64.0 cm³/mol. The van der Waals surface area contributed by atoms with Gasteiger partial charge in [-0.1, -0.05) is 18.2 Å². The van der Waals surface area contributed by atoms with E-state index >= 15 is 0 Å². The van der Waals surface area contributed by atoms with Gasteiger partial charge >= 0.3 is 0 Å². The fourth-order valence-corrected chi connectivity index (χ4v) is 2.00. The van der Waals surface area contributed by atoms with E-state index in [1.807, 2.05) is 37.4 Å². The van der Waals surface area contributed by atoms with Crippen LogP contribution >= 0.6 is 11.8 Å². The van der Waals surface area contributed by atoms with E-state index in [0.717, 1.165) is 16.0 Å². The van der Waals surface area contributed by atoms with Crippen LogP contribution in [0.4, 0.5) is 0 Å². The van der Waals surface area contributed by atoms with Gasteiger partial charge in [0.2, 0.25) is 0 Å². The number of carbonyl (C=O) groups excluding carboxylic acids is 1. The maximum Gasteiger partial charge on any atom is 0.181 e. The molecule has 0 radical (unpaired) electrons. The molecule has 80 valence electrons. The van der Waals surface area contributed by atoms with Crippen molar-refractivity contribution in [3.8, 4) is 0 Å². The zero-order chi connectivity index (χ0) is 11.3. The molecule has 0 unspecified atom stereocenters. The number of hydrogen-bond acceptors (Lipinski definition) is 3. The normalized spacial score (nSPS) is 11.5. The Bertz CT molecular complexity index is 383. The highest BCUT2D eigenvalue weighted by atomic mass is 32.2. The van der Waals surface area contributed by atoms with Crippen molar-refractivity contribution in [3.05, 3.63) is 35.9 Å². The van der Waals surface area contributed by atoms with Crippen LogP contribution in [-0.4, -0.2) is 23.8 Å². The van der Waals surface area contributed by atoms with Gasteiger partial charge in [0.15, 0.2) is 5.78 Å². The van der Waals surface area contributed by atoms with Crippen molar-refractivity contribution in [3.63, 3.8) is 0 Å². The third kappa shape index (κ3) is 3.22. The van der Waals surface area contributed by atoms with Gasteiger partial charge in [-0.2, -0.15) is 0 Å². The summed E-state index contributed by atoms with van der Waals surface area (Å²) >= 11 is 1.64. The molecule has 15 heavy (non-hydrogen) atoms. The van der Waals surface area contributed by atoms with Gasteiger partial charge in [0.25, 0.3) is 0 Å². The minimum absolute atomic E-state index is 0.261. The number of aliphatic hydroxyl groups excluding tert-OH is 1. The monoisotopic (exact) mass is 222 g/mol. The van der Waals surface area contributed by atoms with E-state index in [0.29, 0.717) is 0 Å². The number of rotatable bonds is 4. The molecule has 1 N–H and O–H groups in total. The number of ketones is 1. The van der Waals surface area contributed by atoms with Crippen LogP contribution in [0.15, 0.2) is 35.2 Å². The Morgan fingerprint density at radius 3 is 2.73 bits per heavy atom. The SMILES string of the molecule is CSc1ccccc1/C(C)=C/C(=O)CO. The van der Waals surface area contributed by atoms with Crippen LogP contribution in [0.2, 0.25) is 0 Å². The maximum absolute atomic E-state index is 11.1. The molecule has 0 aromatic heterocycles. The highest BCUT2D eigenvalue weighted by molar-refractivity contribution is 7.98. The van der Waals surface area contributed by atoms with Crippen molar-refractivity contribution in [1.82, 2.24) is 0 Å². The van der Waals surface area contributed by atoms with Crippen LogP contribution < -0.4 is 0 Å². The lowest BCUT2D eigenvalue weighted by Gasteiger charge is -2.06. The Morgan fingerprint density at radius 2 is 2.13 bits per heavy atom. The molecule has 0 atom stereocenters. The van der Waals surface area contributed by atoms with Gasteiger partial charge in [0, 0.05) is 4.90 Å². The summed E-state index contributed by atoms with van der Waals surface area (Å²) < 4.78 is 0. The van der Waals surface area contributed by atoms with E-state index in [9.17, 15) is 4.79 Å². The Morgan fingerprint density at radius 1 is 1.47 bits per heavy atom. The first kappa shape index (κ1) is 12.0. The maximum atomic E-state index is 11.1. The van der Waals surface area contributed by atoms with Gasteiger partial charge < -0.3 is 5.11 Å². The molecule has 1 aromatic rings. The van der Waals surface area contributed by atoms with Crippen molar-refractivity contribution in [2.24, 2.45) is 0 Å². The Kier molecular flexibility index (Phi) is 4.59. The van der Waals surface area contributed by atoms with Crippen LogP contribution in [0.3, 0.4) is 0 Å². The lowest BCUT2D eigenvalue weighted by molar-refractivity contribution is -0.117. The Balaban J connectivity index is 3.05. The van der Waals surface area contributed by atoms with Crippen molar-refractivity contribution in [2.75, 3.05) is 12.9 Å². The number of carbonyl (C=O) groups is 1. The highest BCUT2D eigenvalue weighted by Crippen LogP contribution is 2.25. The van der Waals surface area contributed by atoms with Gasteiger partial charge in [-0.05, 0) is 36.5 Å². The van der Waals surface area contributed by atoms with E-state index in [4.69, 9.17) is 5.11 Å². The number of thioether (sulfide) groups is 1. The van der Waals surface area contributed by atoms with E-state index < -0.39 is 6.61 Å². The first-order valence-electron chi connectivity index (χ1n) is 4.64. The average molecular weight is 222 g/mol. The quantitative estimate of drug-likeness (QED) is 0.627. The lowest BCUT2D eigenvalue weighted by Crippen LogP contribution is -1.99. The van der Waals surface area contributed by atoms with Crippen molar-refractivity contribution in [2.45, 2.75) is 11.8 Å². The number of benzene rings is 1. The Hall–Kier alpha value is -1.06. The van der Waals surface area contributed by atoms with Crippen molar-refractivity contribution < 1.29 is 9.90 Å². The third-order valence-corrected chi connectivity index (χ3v) is 2.86. The summed E-state index contributed by atoms with van der Waals surface area (Å²) in [6.45, 7) is 1.45. The molecule has 0 bridgehead atoms. The van der Waals surface area contributed by atoms with E-state index in [2.05, 4.69) is 0 Å². The molecule has 0 saturated heterocycles. The molecule has 0 aliphatic heterocycles. The molecular weight excluding hydrogens is 208 g/mol. The molecule has 2 nitrogen and oxygen atoms in total. The molecule has 3 heteroatoms. The molecule has 0 amide bonds. The van der Waals surface area contributed by atoms with Gasteiger partial charge in [-0.3, -0.25) is 4.79 Å². The van der Waals surface area contributed by atoms with Crippen LogP contribution in [0.1, 0.15) is 12.5 Å². The van der Waals surface area contributed by atoms with Gasteiger partial charge in [-0.15, -0.1) is 11.8 Å². The molecular formula is C12H14O2S. The minimum Gasteiger partial charge on any atom is -0.388 e. The highest BCUT2D eigenvalue weighted by Gasteiger charge is 2.03. The third-order valence-electron chi connectivity index (χ3n) is 2.07. The molecule has 0 spiro atoms. The van der Waals surface area contributed by atoms with Crippen LogP contribution in [0.25, 0.3) is 5.57 Å². The second kappa shape index (κ2) is 5.73. The largest absolute Gasteiger partial charge is 0.388 e. The molecule has 1 aromatic carbocycles. The van der Waals surface area contributed by atoms with Crippen molar-refractivity contribution >= 4 is 23.1 Å². The summed E-state index contributed by atoms with van der Waals surface area (Å²) in [5.74, 6) is -0.261. The molecule has 0 aliphatic carbocycles. The zero-order valence-electron chi connectivity index (χ0n) is 8.86. The molecule has 0 heterocycles. The predicted octanol–water partition coefficient (Wildman–Crippen LogP) is 2.37. The van der Waals surface area contributed by atoms with E-state index in [1.165, 1.54) is 6.08 Å². The molecule has 0 saturated carbocycles. The molecule has 0 fully saturated rings. The summed E-state index contributed by atoms with van der Waals surface area (Å²) in [7, 11) is 0. The molecule has 1 rings (SSSR count). The second-order valence-corrected chi connectivity index (χ2v) is 4.00. The number of hydrogen-bond donors (Lipinski definition) is 1. The second-order valence-electron chi connectivity index (χ2n) is 3.15. The van der Waals surface area contributed by atoms with Crippen LogP contribution in [0, 0.1) is 0 Å².